The van der Waals surface area contributed by atoms with Crippen molar-refractivity contribution in [3.8, 4) is 0 Å². The van der Waals surface area contributed by atoms with Gasteiger partial charge in [0.05, 0.1) is 6.10 Å². The highest BCUT2D eigenvalue weighted by Crippen LogP contribution is 2.27. The standard InChI is InChI=1S/C12H18O8/c1-5-9(18-6(2)13)10(19-7(3)14)11(12(16)17-5)20-8(4)15/h5,9-12,16H,1-4H3/t5-,9?,10-,11+,12?/m0/s1. The second-order valence-electron chi connectivity index (χ2n) is 4.45. The number of carbonyl (C=O) groups excluding carboxylic acids is 3. The molecule has 20 heavy (non-hydrogen) atoms. The van der Waals surface area contributed by atoms with Gasteiger partial charge in [-0.1, -0.05) is 0 Å². The lowest BCUT2D eigenvalue weighted by Gasteiger charge is -2.41. The van der Waals surface area contributed by atoms with Crippen LogP contribution in [0.25, 0.3) is 0 Å². The van der Waals surface area contributed by atoms with Gasteiger partial charge in [-0.2, -0.15) is 0 Å². The highest BCUT2D eigenvalue weighted by atomic mass is 16.7. The molecule has 0 aromatic rings. The summed E-state index contributed by atoms with van der Waals surface area (Å²) in [4.78, 5) is 33.3. The molecule has 114 valence electrons. The van der Waals surface area contributed by atoms with Crippen LogP contribution in [0.15, 0.2) is 0 Å². The van der Waals surface area contributed by atoms with Crippen molar-refractivity contribution in [1.82, 2.24) is 0 Å². The molecule has 0 spiro atoms. The molecule has 1 rings (SSSR count). The molecule has 1 aliphatic rings. The van der Waals surface area contributed by atoms with Crippen LogP contribution in [0.4, 0.5) is 0 Å². The van der Waals surface area contributed by atoms with E-state index >= 15 is 0 Å². The first-order valence-corrected chi connectivity index (χ1v) is 6.07. The summed E-state index contributed by atoms with van der Waals surface area (Å²) in [6.07, 6.45) is -5.60. The number of esters is 3. The fourth-order valence-corrected chi connectivity index (χ4v) is 1.99. The Hall–Kier alpha value is -1.67. The van der Waals surface area contributed by atoms with Crippen molar-refractivity contribution in [2.75, 3.05) is 0 Å². The summed E-state index contributed by atoms with van der Waals surface area (Å²) in [5.74, 6) is -1.96. The Bertz CT molecular complexity index is 365. The van der Waals surface area contributed by atoms with Crippen molar-refractivity contribution < 1.29 is 38.4 Å². The third-order valence-corrected chi connectivity index (χ3v) is 2.65. The number of aliphatic hydroxyl groups excluding tert-OH is 1. The van der Waals surface area contributed by atoms with E-state index in [-0.39, 0.29) is 0 Å². The predicted molar refractivity (Wildman–Crippen MR) is 63.2 cm³/mol. The van der Waals surface area contributed by atoms with Crippen LogP contribution in [-0.2, 0) is 33.3 Å². The Morgan fingerprint density at radius 3 is 1.70 bits per heavy atom. The molecule has 1 N–H and O–H groups in total. The zero-order chi connectivity index (χ0) is 15.4. The van der Waals surface area contributed by atoms with Crippen molar-refractivity contribution in [2.24, 2.45) is 0 Å². The molecule has 1 heterocycles. The molecule has 0 amide bonds. The van der Waals surface area contributed by atoms with Gasteiger partial charge in [-0.3, -0.25) is 14.4 Å². The summed E-state index contributed by atoms with van der Waals surface area (Å²) in [6.45, 7) is 5.01. The van der Waals surface area contributed by atoms with Crippen LogP contribution in [0, 0.1) is 0 Å². The maximum absolute atomic E-state index is 11.2. The lowest BCUT2D eigenvalue weighted by molar-refractivity contribution is -0.288. The zero-order valence-corrected chi connectivity index (χ0v) is 11.7. The van der Waals surface area contributed by atoms with Crippen LogP contribution in [-0.4, -0.2) is 53.7 Å². The molecule has 1 aliphatic heterocycles. The van der Waals surface area contributed by atoms with Gasteiger partial charge in [-0.05, 0) is 6.92 Å². The van der Waals surface area contributed by atoms with E-state index in [0.29, 0.717) is 0 Å². The summed E-state index contributed by atoms with van der Waals surface area (Å²) >= 11 is 0. The Morgan fingerprint density at radius 2 is 1.25 bits per heavy atom. The van der Waals surface area contributed by atoms with Gasteiger partial charge in [0.1, 0.15) is 0 Å². The third-order valence-electron chi connectivity index (χ3n) is 2.65. The van der Waals surface area contributed by atoms with Gasteiger partial charge < -0.3 is 24.1 Å². The molecule has 1 fully saturated rings. The minimum Gasteiger partial charge on any atom is -0.456 e. The van der Waals surface area contributed by atoms with Gasteiger partial charge in [0.2, 0.25) is 0 Å². The van der Waals surface area contributed by atoms with Crippen LogP contribution in [0.5, 0.6) is 0 Å². The number of aliphatic hydroxyl groups is 1. The number of carbonyl (C=O) groups is 3. The van der Waals surface area contributed by atoms with Crippen LogP contribution in [0.3, 0.4) is 0 Å². The quantitative estimate of drug-likeness (QED) is 0.548. The summed E-state index contributed by atoms with van der Waals surface area (Å²) < 4.78 is 20.1. The van der Waals surface area contributed by atoms with E-state index in [0.717, 1.165) is 13.8 Å². The van der Waals surface area contributed by atoms with Crippen molar-refractivity contribution in [1.29, 1.82) is 0 Å². The SMILES string of the molecule is CC(=O)OC1[C@H](C)OC(O)[C@H](OC(C)=O)[C@H]1OC(C)=O. The van der Waals surface area contributed by atoms with E-state index in [1.54, 1.807) is 0 Å². The Morgan fingerprint density at radius 1 is 0.850 bits per heavy atom. The lowest BCUT2D eigenvalue weighted by atomic mass is 9.99. The first-order valence-electron chi connectivity index (χ1n) is 6.07. The highest BCUT2D eigenvalue weighted by molar-refractivity contribution is 5.68. The van der Waals surface area contributed by atoms with E-state index < -0.39 is 48.6 Å². The Kier molecular flexibility index (Phi) is 5.46. The first-order chi connectivity index (χ1) is 9.22. The van der Waals surface area contributed by atoms with E-state index in [4.69, 9.17) is 18.9 Å². The molecule has 0 aliphatic carbocycles. The number of ether oxygens (including phenoxy) is 4. The molecule has 8 nitrogen and oxygen atoms in total. The average molecular weight is 290 g/mol. The molecular formula is C12H18O8. The lowest BCUT2D eigenvalue weighted by Crippen LogP contribution is -2.60. The van der Waals surface area contributed by atoms with Crippen LogP contribution in [0.2, 0.25) is 0 Å². The van der Waals surface area contributed by atoms with Crippen molar-refractivity contribution in [3.05, 3.63) is 0 Å². The van der Waals surface area contributed by atoms with Gasteiger partial charge in [0.25, 0.3) is 0 Å². The van der Waals surface area contributed by atoms with Gasteiger partial charge in [0.15, 0.2) is 24.6 Å². The van der Waals surface area contributed by atoms with Crippen molar-refractivity contribution >= 4 is 17.9 Å². The third kappa shape index (κ3) is 4.17. The molecule has 8 heteroatoms. The van der Waals surface area contributed by atoms with Gasteiger partial charge >= 0.3 is 17.9 Å². The minimum absolute atomic E-state index is 0.611. The van der Waals surface area contributed by atoms with Crippen molar-refractivity contribution in [3.63, 3.8) is 0 Å². The fourth-order valence-electron chi connectivity index (χ4n) is 1.99. The number of hydrogen-bond acceptors (Lipinski definition) is 8. The van der Waals surface area contributed by atoms with Gasteiger partial charge in [-0.15, -0.1) is 0 Å². The molecule has 0 aromatic carbocycles. The summed E-state index contributed by atoms with van der Waals surface area (Å²) in [7, 11) is 0. The topological polar surface area (TPSA) is 108 Å². The molecule has 1 saturated heterocycles. The van der Waals surface area contributed by atoms with Crippen molar-refractivity contribution in [2.45, 2.75) is 58.4 Å². The van der Waals surface area contributed by atoms with Gasteiger partial charge in [-0.25, -0.2) is 0 Å². The summed E-state index contributed by atoms with van der Waals surface area (Å²) in [5, 5.41) is 9.79. The predicted octanol–water partition coefficient (Wildman–Crippen LogP) is -0.481. The molecule has 0 radical (unpaired) electrons. The molecule has 2 unspecified atom stereocenters. The van der Waals surface area contributed by atoms with E-state index in [9.17, 15) is 19.5 Å². The minimum atomic E-state index is -1.48. The second kappa shape index (κ2) is 6.67. The van der Waals surface area contributed by atoms with E-state index in [1.807, 2.05) is 0 Å². The molecule has 5 atom stereocenters. The molecular weight excluding hydrogens is 272 g/mol. The normalized spacial score (nSPS) is 33.1. The molecule has 0 aromatic heterocycles. The number of rotatable bonds is 3. The second-order valence-corrected chi connectivity index (χ2v) is 4.45. The zero-order valence-electron chi connectivity index (χ0n) is 11.7. The van der Waals surface area contributed by atoms with E-state index in [2.05, 4.69) is 0 Å². The largest absolute Gasteiger partial charge is 0.456 e. The Balaban J connectivity index is 3.01. The number of hydrogen-bond donors (Lipinski definition) is 1. The van der Waals surface area contributed by atoms with Gasteiger partial charge in [0, 0.05) is 20.8 Å². The molecule has 0 saturated carbocycles. The maximum atomic E-state index is 11.2. The highest BCUT2D eigenvalue weighted by Gasteiger charge is 2.49. The monoisotopic (exact) mass is 290 g/mol. The van der Waals surface area contributed by atoms with Crippen LogP contribution >= 0.6 is 0 Å². The van der Waals surface area contributed by atoms with Crippen LogP contribution < -0.4 is 0 Å². The average Bonchev–Trinajstić information content (AvgIpc) is 2.27. The summed E-state index contributed by atoms with van der Waals surface area (Å²) in [5.41, 5.74) is 0. The first kappa shape index (κ1) is 16.4. The Labute approximate surface area is 115 Å². The smallest absolute Gasteiger partial charge is 0.303 e. The van der Waals surface area contributed by atoms with Crippen LogP contribution in [0.1, 0.15) is 27.7 Å². The fraction of sp³-hybridized carbons (Fsp3) is 0.750. The molecule has 0 bridgehead atoms. The van der Waals surface area contributed by atoms with E-state index in [1.165, 1.54) is 13.8 Å². The summed E-state index contributed by atoms with van der Waals surface area (Å²) in [6, 6.07) is 0. The maximum Gasteiger partial charge on any atom is 0.303 e.